The van der Waals surface area contributed by atoms with Gasteiger partial charge in [0.15, 0.2) is 28.5 Å². The molecule has 5 heteroatoms. The van der Waals surface area contributed by atoms with Gasteiger partial charge in [-0.1, -0.05) is 134 Å². The molecule has 5 nitrogen and oxygen atoms in total. The number of ketones is 1. The molecule has 9 aromatic rings. The molecule has 1 aliphatic carbocycles. The summed E-state index contributed by atoms with van der Waals surface area (Å²) in [6.45, 7) is 7.83. The molecule has 2 aromatic heterocycles. The minimum atomic E-state index is -0.724. The smallest absolute Gasteiger partial charge is 0.193 e. The molecule has 56 heavy (non-hydrogen) atoms. The van der Waals surface area contributed by atoms with Gasteiger partial charge in [0.05, 0.1) is 27.5 Å². The van der Waals surface area contributed by atoms with Gasteiger partial charge >= 0.3 is 0 Å². The van der Waals surface area contributed by atoms with Crippen LogP contribution in [0.5, 0.6) is 0 Å². The molecule has 0 bridgehead atoms. The molecule has 0 radical (unpaired) electrons. The number of carbonyl (C=O) groups excluding carboxylic acids is 1. The van der Waals surface area contributed by atoms with Gasteiger partial charge in [-0.25, -0.2) is 0 Å². The summed E-state index contributed by atoms with van der Waals surface area (Å²) in [6.07, 6.45) is 3.27. The normalized spacial score (nSPS) is 13.1. The van der Waals surface area contributed by atoms with E-state index < -0.39 is 5.41 Å². The van der Waals surface area contributed by atoms with E-state index in [1.165, 1.54) is 0 Å². The second-order valence-corrected chi connectivity index (χ2v) is 14.2. The quantitative estimate of drug-likeness (QED) is 0.160. The molecule has 1 aliphatic rings. The van der Waals surface area contributed by atoms with Crippen molar-refractivity contribution in [3.63, 3.8) is 0 Å². The predicted octanol–water partition coefficient (Wildman–Crippen LogP) is 12.5. The highest BCUT2D eigenvalue weighted by atomic mass is 16.4. The average molecular weight is 725 g/mol. The van der Waals surface area contributed by atoms with Crippen LogP contribution in [0.2, 0.25) is 0 Å². The molecule has 2 heterocycles. The first kappa shape index (κ1) is 33.2. The van der Waals surface area contributed by atoms with Gasteiger partial charge < -0.3 is 18.0 Å². The lowest BCUT2D eigenvalue weighted by molar-refractivity contribution is 0.103. The predicted molar refractivity (Wildman–Crippen MR) is 227 cm³/mol. The fourth-order valence-corrected chi connectivity index (χ4v) is 8.74. The van der Waals surface area contributed by atoms with E-state index in [4.69, 9.17) is 8.83 Å². The van der Waals surface area contributed by atoms with Crippen molar-refractivity contribution in [2.24, 2.45) is 7.05 Å². The standard InChI is InChI=1S/C51H36N2O3/c1-4-46-47(5-2)56-49-32-45-44(31-48(49)55-46)52(3)43-30-34(26-28-42(43)53(45)37-21-13-8-14-22-37)33-25-27-39-41(29-33)51(35-17-9-6-10-18-35,36-19-11-7-12-20-36)40-24-16-15-23-38(40)50(39)54/h4-32H,1-2H2,3H3. The molecule has 0 spiro atoms. The molecular formula is C51H36N2O3. The zero-order valence-electron chi connectivity index (χ0n) is 30.8. The van der Waals surface area contributed by atoms with E-state index in [9.17, 15) is 4.79 Å². The molecule has 0 aliphatic heterocycles. The molecule has 10 rings (SSSR count). The van der Waals surface area contributed by atoms with Crippen molar-refractivity contribution in [3.8, 4) is 16.8 Å². The molecule has 0 fully saturated rings. The largest absolute Gasteiger partial charge is 0.449 e. The maximum atomic E-state index is 14.4. The van der Waals surface area contributed by atoms with Crippen molar-refractivity contribution < 1.29 is 13.6 Å². The summed E-state index contributed by atoms with van der Waals surface area (Å²) in [5, 5.41) is 0. The van der Waals surface area contributed by atoms with Crippen LogP contribution in [0.25, 0.3) is 62.2 Å². The first-order valence-electron chi connectivity index (χ1n) is 18.7. The molecule has 0 unspecified atom stereocenters. The summed E-state index contributed by atoms with van der Waals surface area (Å²) >= 11 is 0. The molecular weight excluding hydrogens is 689 g/mol. The maximum Gasteiger partial charge on any atom is 0.193 e. The molecule has 0 atom stereocenters. The SMILES string of the molecule is C=Cc1oc2cc3c(cc2oc1C=C)n(-c1ccccc1)c1ccc(-c2ccc4c(c2)C(c2ccccc2)(c2ccccc2)c2ccccc2C4=O)cc1n3C. The van der Waals surface area contributed by atoms with Crippen molar-refractivity contribution in [2.45, 2.75) is 5.41 Å². The summed E-state index contributed by atoms with van der Waals surface area (Å²) < 4.78 is 17.0. The van der Waals surface area contributed by atoms with Crippen LogP contribution >= 0.6 is 0 Å². The lowest BCUT2D eigenvalue weighted by Crippen LogP contribution is -2.38. The molecule has 0 N–H and O–H groups in total. The molecule has 0 amide bonds. The Labute approximate surface area is 324 Å². The Morgan fingerprint density at radius 3 is 1.68 bits per heavy atom. The van der Waals surface area contributed by atoms with E-state index in [2.05, 4.69) is 126 Å². The van der Waals surface area contributed by atoms with E-state index >= 15 is 0 Å². The van der Waals surface area contributed by atoms with Crippen LogP contribution in [0, 0.1) is 0 Å². The number of aromatic nitrogens is 2. The van der Waals surface area contributed by atoms with Crippen LogP contribution in [0.1, 0.15) is 49.7 Å². The first-order chi connectivity index (χ1) is 27.5. The van der Waals surface area contributed by atoms with E-state index in [0.717, 1.165) is 66.7 Å². The summed E-state index contributed by atoms with van der Waals surface area (Å²) in [5.74, 6) is 1.07. The Morgan fingerprint density at radius 2 is 1.04 bits per heavy atom. The molecule has 0 saturated heterocycles. The first-order valence-corrected chi connectivity index (χ1v) is 18.7. The number of carbonyl (C=O) groups is 1. The third kappa shape index (κ3) is 4.84. The number of nitrogens with zero attached hydrogens (tertiary/aromatic N) is 2. The van der Waals surface area contributed by atoms with Gasteiger partial charge in [-0.15, -0.1) is 0 Å². The zero-order valence-corrected chi connectivity index (χ0v) is 30.8. The van der Waals surface area contributed by atoms with Gasteiger partial charge in [0.1, 0.15) is 0 Å². The molecule has 0 saturated carbocycles. The average Bonchev–Trinajstić information content (AvgIpc) is 3.26. The Hall–Kier alpha value is -7.37. The van der Waals surface area contributed by atoms with Gasteiger partial charge in [0.25, 0.3) is 0 Å². The highest BCUT2D eigenvalue weighted by molar-refractivity contribution is 6.14. The van der Waals surface area contributed by atoms with Crippen LogP contribution in [0.3, 0.4) is 0 Å². The van der Waals surface area contributed by atoms with E-state index in [1.54, 1.807) is 12.2 Å². The summed E-state index contributed by atoms with van der Waals surface area (Å²) in [7, 11) is 2.08. The van der Waals surface area contributed by atoms with Gasteiger partial charge in [-0.3, -0.25) is 4.79 Å². The topological polar surface area (TPSA) is 53.2 Å². The Morgan fingerprint density at radius 1 is 0.518 bits per heavy atom. The van der Waals surface area contributed by atoms with Crippen molar-refractivity contribution in [1.29, 1.82) is 0 Å². The number of aryl methyl sites for hydroxylation is 1. The van der Waals surface area contributed by atoms with Gasteiger partial charge in [0.2, 0.25) is 0 Å². The number of rotatable bonds is 6. The van der Waals surface area contributed by atoms with E-state index in [-0.39, 0.29) is 5.78 Å². The highest BCUT2D eigenvalue weighted by Crippen LogP contribution is 2.51. The minimum Gasteiger partial charge on any atom is -0.449 e. The Bertz CT molecular complexity index is 3040. The Balaban J connectivity index is 1.25. The lowest BCUT2D eigenvalue weighted by Gasteiger charge is -2.42. The summed E-state index contributed by atoms with van der Waals surface area (Å²) in [5.41, 5.74) is 13.1. The van der Waals surface area contributed by atoms with Gasteiger partial charge in [-0.2, -0.15) is 0 Å². The van der Waals surface area contributed by atoms with E-state index in [0.29, 0.717) is 28.2 Å². The maximum absolute atomic E-state index is 14.4. The number of hydrogen-bond donors (Lipinski definition) is 0. The minimum absolute atomic E-state index is 0.0362. The second kappa shape index (κ2) is 12.9. The van der Waals surface area contributed by atoms with Crippen molar-refractivity contribution in [1.82, 2.24) is 9.13 Å². The fraction of sp³-hybridized carbons (Fsp3) is 0.0392. The van der Waals surface area contributed by atoms with Crippen molar-refractivity contribution >= 4 is 51.2 Å². The molecule has 268 valence electrons. The zero-order chi connectivity index (χ0) is 38.0. The number of para-hydroxylation sites is 1. The fourth-order valence-electron chi connectivity index (χ4n) is 8.74. The van der Waals surface area contributed by atoms with Crippen LogP contribution in [-0.2, 0) is 12.5 Å². The Kier molecular flexibility index (Phi) is 7.65. The van der Waals surface area contributed by atoms with Crippen LogP contribution in [-0.4, -0.2) is 14.9 Å². The monoisotopic (exact) mass is 724 g/mol. The molecule has 7 aromatic carbocycles. The second-order valence-electron chi connectivity index (χ2n) is 14.2. The van der Waals surface area contributed by atoms with Gasteiger partial charge in [0, 0.05) is 36.0 Å². The van der Waals surface area contributed by atoms with Crippen LogP contribution in [0.4, 0.5) is 0 Å². The van der Waals surface area contributed by atoms with Crippen molar-refractivity contribution in [2.75, 3.05) is 0 Å². The van der Waals surface area contributed by atoms with Crippen LogP contribution in [0.15, 0.2) is 186 Å². The van der Waals surface area contributed by atoms with Crippen molar-refractivity contribution in [3.05, 3.63) is 222 Å². The van der Waals surface area contributed by atoms with Gasteiger partial charge in [-0.05, 0) is 75.9 Å². The number of benzene rings is 7. The third-order valence-corrected chi connectivity index (χ3v) is 11.3. The van der Waals surface area contributed by atoms with Crippen LogP contribution < -0.4 is 0 Å². The highest BCUT2D eigenvalue weighted by Gasteiger charge is 2.46. The van der Waals surface area contributed by atoms with E-state index in [1.807, 2.05) is 66.7 Å². The third-order valence-electron chi connectivity index (χ3n) is 11.3. The number of fused-ring (bicyclic) bond motifs is 5. The number of hydrogen-bond acceptors (Lipinski definition) is 3. The lowest BCUT2D eigenvalue weighted by atomic mass is 9.59. The summed E-state index contributed by atoms with van der Waals surface area (Å²) in [6, 6.07) is 56.5. The summed E-state index contributed by atoms with van der Waals surface area (Å²) in [4.78, 5) is 14.4.